The molecule has 1 aliphatic rings. The fourth-order valence-corrected chi connectivity index (χ4v) is 1.68. The summed E-state index contributed by atoms with van der Waals surface area (Å²) in [5.41, 5.74) is -0.527. The van der Waals surface area contributed by atoms with E-state index < -0.39 is 17.5 Å². The highest BCUT2D eigenvalue weighted by Gasteiger charge is 2.39. The Kier molecular flexibility index (Phi) is 2.99. The van der Waals surface area contributed by atoms with Gasteiger partial charge in [0.2, 0.25) is 5.95 Å². The van der Waals surface area contributed by atoms with Crippen molar-refractivity contribution in [2.45, 2.75) is 19.0 Å². The van der Waals surface area contributed by atoms with Gasteiger partial charge in [-0.15, -0.1) is 0 Å². The van der Waals surface area contributed by atoms with Crippen molar-refractivity contribution in [2.24, 2.45) is 0 Å². The Labute approximate surface area is 95.5 Å². The first-order valence-corrected chi connectivity index (χ1v) is 5.17. The van der Waals surface area contributed by atoms with Crippen LogP contribution in [-0.4, -0.2) is 35.0 Å². The molecule has 0 aliphatic carbocycles. The number of carbonyl (C=O) groups is 1. The van der Waals surface area contributed by atoms with Gasteiger partial charge in [-0.05, 0) is 12.8 Å². The zero-order chi connectivity index (χ0) is 12.5. The quantitative estimate of drug-likeness (QED) is 0.745. The molecule has 2 rings (SSSR count). The molecule has 0 saturated carbocycles. The van der Waals surface area contributed by atoms with E-state index in [1.165, 1.54) is 0 Å². The number of nitrogens with zero attached hydrogens (tertiary/aromatic N) is 3. The fourth-order valence-electron chi connectivity index (χ4n) is 1.68. The van der Waals surface area contributed by atoms with Crippen LogP contribution in [0.3, 0.4) is 0 Å². The first-order chi connectivity index (χ1) is 7.98. The van der Waals surface area contributed by atoms with Gasteiger partial charge in [-0.2, -0.15) is 13.2 Å². The van der Waals surface area contributed by atoms with Crippen LogP contribution in [0.2, 0.25) is 0 Å². The number of anilines is 1. The van der Waals surface area contributed by atoms with Gasteiger partial charge in [-0.25, -0.2) is 9.97 Å². The average Bonchev–Trinajstić information content (AvgIpc) is 2.80. The predicted octanol–water partition coefficient (Wildman–Crippen LogP) is 1.82. The Bertz CT molecular complexity index is 410. The molecule has 0 unspecified atom stereocenters. The van der Waals surface area contributed by atoms with Gasteiger partial charge in [0.1, 0.15) is 0 Å². The van der Waals surface area contributed by atoms with Gasteiger partial charge in [0.15, 0.2) is 0 Å². The molecule has 0 bridgehead atoms. The number of Topliss-reactive ketones (excluding diaryl/α,β-unsaturated/α-hetero) is 1. The van der Waals surface area contributed by atoms with Crippen LogP contribution in [-0.2, 0) is 0 Å². The molecule has 0 N–H and O–H groups in total. The lowest BCUT2D eigenvalue weighted by atomic mass is 10.2. The van der Waals surface area contributed by atoms with Crippen LogP contribution in [0.1, 0.15) is 23.2 Å². The Morgan fingerprint density at radius 1 is 1.18 bits per heavy atom. The van der Waals surface area contributed by atoms with E-state index in [0.29, 0.717) is 5.95 Å². The molecule has 4 nitrogen and oxygen atoms in total. The van der Waals surface area contributed by atoms with E-state index in [1.807, 2.05) is 4.90 Å². The summed E-state index contributed by atoms with van der Waals surface area (Å²) in [7, 11) is 0. The SMILES string of the molecule is O=C(c1cnc(N2CCCC2)nc1)C(F)(F)F. The molecule has 1 fully saturated rings. The smallest absolute Gasteiger partial charge is 0.341 e. The second-order valence-electron chi connectivity index (χ2n) is 3.79. The van der Waals surface area contributed by atoms with Gasteiger partial charge in [-0.3, -0.25) is 4.79 Å². The first-order valence-electron chi connectivity index (χ1n) is 5.17. The standard InChI is InChI=1S/C10H10F3N3O/c11-10(12,13)8(17)7-5-14-9(15-6-7)16-3-1-2-4-16/h5-6H,1-4H2. The molecule has 1 aliphatic heterocycles. The van der Waals surface area contributed by atoms with Crippen molar-refractivity contribution in [3.05, 3.63) is 18.0 Å². The molecule has 17 heavy (non-hydrogen) atoms. The molecule has 1 saturated heterocycles. The molecule has 0 radical (unpaired) electrons. The van der Waals surface area contributed by atoms with E-state index >= 15 is 0 Å². The number of halogens is 3. The van der Waals surface area contributed by atoms with Gasteiger partial charge in [0, 0.05) is 25.5 Å². The van der Waals surface area contributed by atoms with Crippen LogP contribution in [0.15, 0.2) is 12.4 Å². The molecule has 0 amide bonds. The van der Waals surface area contributed by atoms with Crippen LogP contribution in [0.5, 0.6) is 0 Å². The number of aromatic nitrogens is 2. The minimum absolute atomic E-state index is 0.376. The zero-order valence-electron chi connectivity index (χ0n) is 8.87. The monoisotopic (exact) mass is 245 g/mol. The number of ketones is 1. The summed E-state index contributed by atoms with van der Waals surface area (Å²) in [5.74, 6) is -1.54. The molecule has 1 aromatic rings. The molecule has 0 aromatic carbocycles. The number of alkyl halides is 3. The Balaban J connectivity index is 2.15. The summed E-state index contributed by atoms with van der Waals surface area (Å²) < 4.78 is 36.4. The van der Waals surface area contributed by atoms with Gasteiger partial charge in [-0.1, -0.05) is 0 Å². The third-order valence-corrected chi connectivity index (χ3v) is 2.55. The third-order valence-electron chi connectivity index (χ3n) is 2.55. The lowest BCUT2D eigenvalue weighted by Gasteiger charge is -2.14. The highest BCUT2D eigenvalue weighted by molar-refractivity contribution is 5.99. The van der Waals surface area contributed by atoms with E-state index in [-0.39, 0.29) is 0 Å². The maximum atomic E-state index is 12.1. The summed E-state index contributed by atoms with van der Waals surface area (Å²) in [4.78, 5) is 20.3. The van der Waals surface area contributed by atoms with E-state index in [2.05, 4.69) is 9.97 Å². The van der Waals surface area contributed by atoms with Crippen molar-refractivity contribution in [1.82, 2.24) is 9.97 Å². The Morgan fingerprint density at radius 3 is 2.18 bits per heavy atom. The fraction of sp³-hybridized carbons (Fsp3) is 0.500. The summed E-state index contributed by atoms with van der Waals surface area (Å²) in [6, 6.07) is 0. The van der Waals surface area contributed by atoms with Gasteiger partial charge in [0.05, 0.1) is 5.56 Å². The van der Waals surface area contributed by atoms with Crippen molar-refractivity contribution in [1.29, 1.82) is 0 Å². The maximum Gasteiger partial charge on any atom is 0.454 e. The second-order valence-corrected chi connectivity index (χ2v) is 3.79. The summed E-state index contributed by atoms with van der Waals surface area (Å²) >= 11 is 0. The Hall–Kier alpha value is -1.66. The lowest BCUT2D eigenvalue weighted by molar-refractivity contribution is -0.0885. The van der Waals surface area contributed by atoms with Crippen LogP contribution < -0.4 is 4.90 Å². The molecule has 2 heterocycles. The van der Waals surface area contributed by atoms with E-state index in [9.17, 15) is 18.0 Å². The molecular formula is C10H10F3N3O. The van der Waals surface area contributed by atoms with Crippen molar-refractivity contribution < 1.29 is 18.0 Å². The van der Waals surface area contributed by atoms with Crippen LogP contribution in [0.25, 0.3) is 0 Å². The summed E-state index contributed by atoms with van der Waals surface area (Å²) in [5, 5.41) is 0. The van der Waals surface area contributed by atoms with Gasteiger partial charge >= 0.3 is 6.18 Å². The van der Waals surface area contributed by atoms with Crippen LogP contribution >= 0.6 is 0 Å². The number of hydrogen-bond donors (Lipinski definition) is 0. The molecule has 0 atom stereocenters. The van der Waals surface area contributed by atoms with Crippen LogP contribution in [0, 0.1) is 0 Å². The van der Waals surface area contributed by atoms with E-state index in [1.54, 1.807) is 0 Å². The lowest BCUT2D eigenvalue weighted by Crippen LogP contribution is -2.24. The highest BCUT2D eigenvalue weighted by atomic mass is 19.4. The van der Waals surface area contributed by atoms with Crippen molar-refractivity contribution >= 4 is 11.7 Å². The zero-order valence-corrected chi connectivity index (χ0v) is 8.87. The molecule has 1 aromatic heterocycles. The summed E-state index contributed by atoms with van der Waals surface area (Å²) in [6.07, 6.45) is -0.981. The largest absolute Gasteiger partial charge is 0.454 e. The number of hydrogen-bond acceptors (Lipinski definition) is 4. The van der Waals surface area contributed by atoms with Crippen molar-refractivity contribution in [2.75, 3.05) is 18.0 Å². The number of rotatable bonds is 2. The highest BCUT2D eigenvalue weighted by Crippen LogP contribution is 2.21. The normalized spacial score (nSPS) is 16.3. The molecule has 7 heteroatoms. The third kappa shape index (κ3) is 2.54. The minimum Gasteiger partial charge on any atom is -0.341 e. The van der Waals surface area contributed by atoms with E-state index in [4.69, 9.17) is 0 Å². The Morgan fingerprint density at radius 2 is 1.71 bits per heavy atom. The van der Waals surface area contributed by atoms with Crippen molar-refractivity contribution in [3.63, 3.8) is 0 Å². The molecular weight excluding hydrogens is 235 g/mol. The molecule has 92 valence electrons. The first kappa shape index (κ1) is 11.8. The van der Waals surface area contributed by atoms with Gasteiger partial charge in [0.25, 0.3) is 5.78 Å². The van der Waals surface area contributed by atoms with Crippen molar-refractivity contribution in [3.8, 4) is 0 Å². The number of carbonyl (C=O) groups excluding carboxylic acids is 1. The predicted molar refractivity (Wildman–Crippen MR) is 53.9 cm³/mol. The minimum atomic E-state index is -4.88. The topological polar surface area (TPSA) is 46.1 Å². The summed E-state index contributed by atoms with van der Waals surface area (Å²) in [6.45, 7) is 1.60. The van der Waals surface area contributed by atoms with E-state index in [0.717, 1.165) is 38.3 Å². The maximum absolute atomic E-state index is 12.1. The van der Waals surface area contributed by atoms with Crippen LogP contribution in [0.4, 0.5) is 19.1 Å². The molecule has 0 spiro atoms. The van der Waals surface area contributed by atoms with Gasteiger partial charge < -0.3 is 4.90 Å². The second kappa shape index (κ2) is 4.31. The average molecular weight is 245 g/mol.